The van der Waals surface area contributed by atoms with Gasteiger partial charge in [-0.1, -0.05) is 18.2 Å². The van der Waals surface area contributed by atoms with Gasteiger partial charge in [0.1, 0.15) is 5.75 Å². The number of ether oxygens (including phenoxy) is 1. The molecule has 1 saturated heterocycles. The fourth-order valence-electron chi connectivity index (χ4n) is 3.56. The second-order valence-electron chi connectivity index (χ2n) is 7.59. The summed E-state index contributed by atoms with van der Waals surface area (Å²) in [5.41, 5.74) is 3.30. The SMILES string of the molecule is COc1ccc(C(=O)NC(=Nc2ccccc2C)N2CCN(CCC#N)CC2)c(C)c1. The number of para-hydroxylation sites is 1. The highest BCUT2D eigenvalue weighted by molar-refractivity contribution is 6.07. The number of carbonyl (C=O) groups is 1. The van der Waals surface area contributed by atoms with Crippen molar-refractivity contribution in [3.8, 4) is 11.8 Å². The van der Waals surface area contributed by atoms with Crippen LogP contribution in [0.5, 0.6) is 5.75 Å². The van der Waals surface area contributed by atoms with Crippen molar-refractivity contribution < 1.29 is 9.53 Å². The number of aliphatic imine (C=N–C) groups is 1. The van der Waals surface area contributed by atoms with Gasteiger partial charge >= 0.3 is 0 Å². The summed E-state index contributed by atoms with van der Waals surface area (Å²) < 4.78 is 5.25. The summed E-state index contributed by atoms with van der Waals surface area (Å²) in [6.07, 6.45) is 0.525. The molecule has 0 spiro atoms. The first-order valence-corrected chi connectivity index (χ1v) is 10.5. The number of methoxy groups -OCH3 is 1. The number of hydrogen-bond acceptors (Lipinski definition) is 5. The molecule has 1 heterocycles. The van der Waals surface area contributed by atoms with Crippen molar-refractivity contribution in [3.63, 3.8) is 0 Å². The minimum Gasteiger partial charge on any atom is -0.497 e. The lowest BCUT2D eigenvalue weighted by molar-refractivity contribution is 0.0967. The molecule has 2 aromatic rings. The molecular formula is C24H29N5O2. The van der Waals surface area contributed by atoms with Crippen LogP contribution >= 0.6 is 0 Å². The summed E-state index contributed by atoms with van der Waals surface area (Å²) in [6.45, 7) is 7.79. The molecule has 0 atom stereocenters. The average Bonchev–Trinajstić information content (AvgIpc) is 2.78. The van der Waals surface area contributed by atoms with E-state index in [0.29, 0.717) is 17.9 Å². The van der Waals surface area contributed by atoms with Crippen molar-refractivity contribution in [2.24, 2.45) is 4.99 Å². The van der Waals surface area contributed by atoms with E-state index in [-0.39, 0.29) is 5.91 Å². The minimum absolute atomic E-state index is 0.195. The molecule has 31 heavy (non-hydrogen) atoms. The number of guanidine groups is 1. The number of nitrogens with zero attached hydrogens (tertiary/aromatic N) is 4. The van der Waals surface area contributed by atoms with Gasteiger partial charge in [0.25, 0.3) is 5.91 Å². The monoisotopic (exact) mass is 419 g/mol. The summed E-state index contributed by atoms with van der Waals surface area (Å²) in [5, 5.41) is 11.9. The van der Waals surface area contributed by atoms with Gasteiger partial charge in [-0.05, 0) is 49.2 Å². The van der Waals surface area contributed by atoms with Crippen molar-refractivity contribution in [2.45, 2.75) is 20.3 Å². The van der Waals surface area contributed by atoms with Crippen LogP contribution in [-0.4, -0.2) is 61.5 Å². The van der Waals surface area contributed by atoms with E-state index < -0.39 is 0 Å². The molecule has 0 radical (unpaired) electrons. The van der Waals surface area contributed by atoms with Crippen LogP contribution in [-0.2, 0) is 0 Å². The second-order valence-corrected chi connectivity index (χ2v) is 7.59. The molecule has 162 valence electrons. The highest BCUT2D eigenvalue weighted by atomic mass is 16.5. The molecule has 2 aromatic carbocycles. The maximum absolute atomic E-state index is 13.1. The Hall–Kier alpha value is -3.37. The third kappa shape index (κ3) is 5.83. The zero-order valence-corrected chi connectivity index (χ0v) is 18.4. The van der Waals surface area contributed by atoms with Crippen molar-refractivity contribution in [1.82, 2.24) is 15.1 Å². The summed E-state index contributed by atoms with van der Waals surface area (Å²) in [5.74, 6) is 1.07. The van der Waals surface area contributed by atoms with Crippen molar-refractivity contribution in [2.75, 3.05) is 39.8 Å². The van der Waals surface area contributed by atoms with Crippen LogP contribution in [0.25, 0.3) is 0 Å². The van der Waals surface area contributed by atoms with Crippen molar-refractivity contribution in [3.05, 3.63) is 59.2 Å². The fourth-order valence-corrected chi connectivity index (χ4v) is 3.56. The number of carbonyl (C=O) groups excluding carboxylic acids is 1. The van der Waals surface area contributed by atoms with Crippen molar-refractivity contribution in [1.29, 1.82) is 5.26 Å². The Labute approximate surface area is 183 Å². The number of hydrogen-bond donors (Lipinski definition) is 1. The summed E-state index contributed by atoms with van der Waals surface area (Å²) in [4.78, 5) is 22.3. The standard InChI is InChI=1S/C24H29N5O2/c1-18-7-4-5-8-22(18)26-24(29-15-13-28(14-16-29)12-6-11-25)27-23(30)21-10-9-20(31-3)17-19(21)2/h4-5,7-10,17H,6,12-16H2,1-3H3,(H,26,27,30). The molecule has 7 heteroatoms. The summed E-state index contributed by atoms with van der Waals surface area (Å²) in [6, 6.07) is 15.5. The van der Waals surface area contributed by atoms with E-state index in [4.69, 9.17) is 15.0 Å². The van der Waals surface area contributed by atoms with Gasteiger partial charge in [-0.25, -0.2) is 4.99 Å². The molecule has 0 saturated carbocycles. The number of nitrogens with one attached hydrogen (secondary N) is 1. The zero-order chi connectivity index (χ0) is 22.2. The minimum atomic E-state index is -0.195. The number of amides is 1. The molecule has 1 N–H and O–H groups in total. The Morgan fingerprint density at radius 2 is 1.87 bits per heavy atom. The lowest BCUT2D eigenvalue weighted by atomic mass is 10.1. The normalized spacial score (nSPS) is 14.8. The fraction of sp³-hybridized carbons (Fsp3) is 0.375. The molecule has 3 rings (SSSR count). The van der Waals surface area contributed by atoms with Crippen LogP contribution in [0.4, 0.5) is 5.69 Å². The summed E-state index contributed by atoms with van der Waals surface area (Å²) in [7, 11) is 1.61. The van der Waals surface area contributed by atoms with Gasteiger partial charge < -0.3 is 9.64 Å². The van der Waals surface area contributed by atoms with Crippen molar-refractivity contribution >= 4 is 17.6 Å². The quantitative estimate of drug-likeness (QED) is 0.594. The van der Waals surface area contributed by atoms with E-state index in [0.717, 1.165) is 55.3 Å². The van der Waals surface area contributed by atoms with Crippen LogP contribution in [0.2, 0.25) is 0 Å². The molecule has 1 amide bonds. The van der Waals surface area contributed by atoms with Gasteiger partial charge in [0.15, 0.2) is 0 Å². The Morgan fingerprint density at radius 3 is 2.52 bits per heavy atom. The van der Waals surface area contributed by atoms with Gasteiger partial charge in [0.05, 0.1) is 18.9 Å². The Balaban J connectivity index is 1.82. The number of aryl methyl sites for hydroxylation is 2. The zero-order valence-electron chi connectivity index (χ0n) is 18.4. The van der Waals surface area contributed by atoms with E-state index in [1.54, 1.807) is 19.2 Å². The molecule has 1 fully saturated rings. The number of rotatable bonds is 5. The van der Waals surface area contributed by atoms with Gasteiger partial charge in [0, 0.05) is 44.7 Å². The maximum atomic E-state index is 13.1. The molecule has 0 aromatic heterocycles. The average molecular weight is 420 g/mol. The molecule has 7 nitrogen and oxygen atoms in total. The van der Waals surface area contributed by atoms with E-state index in [2.05, 4.69) is 21.2 Å². The molecule has 0 bridgehead atoms. The predicted octanol–water partition coefficient (Wildman–Crippen LogP) is 3.26. The number of benzene rings is 2. The molecular weight excluding hydrogens is 390 g/mol. The van der Waals surface area contributed by atoms with E-state index >= 15 is 0 Å². The van der Waals surface area contributed by atoms with E-state index in [1.165, 1.54) is 0 Å². The Morgan fingerprint density at radius 1 is 1.13 bits per heavy atom. The summed E-state index contributed by atoms with van der Waals surface area (Å²) >= 11 is 0. The van der Waals surface area contributed by atoms with Crippen LogP contribution in [0.15, 0.2) is 47.5 Å². The Bertz CT molecular complexity index is 988. The number of nitriles is 1. The molecule has 1 aliphatic heterocycles. The maximum Gasteiger partial charge on any atom is 0.258 e. The van der Waals surface area contributed by atoms with Crippen LogP contribution in [0, 0.1) is 25.2 Å². The number of piperazine rings is 1. The molecule has 1 aliphatic rings. The lowest BCUT2D eigenvalue weighted by Gasteiger charge is -2.36. The van der Waals surface area contributed by atoms with Gasteiger partial charge in [-0.15, -0.1) is 0 Å². The first kappa shape index (κ1) is 22.3. The lowest BCUT2D eigenvalue weighted by Crippen LogP contribution is -2.53. The molecule has 0 aliphatic carbocycles. The largest absolute Gasteiger partial charge is 0.497 e. The van der Waals surface area contributed by atoms with Gasteiger partial charge in [0.2, 0.25) is 5.96 Å². The predicted molar refractivity (Wildman–Crippen MR) is 122 cm³/mol. The third-order valence-corrected chi connectivity index (χ3v) is 5.46. The van der Waals surface area contributed by atoms with E-state index in [9.17, 15) is 4.79 Å². The van der Waals surface area contributed by atoms with Gasteiger partial charge in [-0.3, -0.25) is 15.0 Å². The van der Waals surface area contributed by atoms with Gasteiger partial charge in [-0.2, -0.15) is 5.26 Å². The third-order valence-electron chi connectivity index (χ3n) is 5.46. The smallest absolute Gasteiger partial charge is 0.258 e. The Kier molecular flexibility index (Phi) is 7.63. The van der Waals surface area contributed by atoms with E-state index in [1.807, 2.05) is 44.2 Å². The first-order valence-electron chi connectivity index (χ1n) is 10.5. The van der Waals surface area contributed by atoms with Crippen LogP contribution < -0.4 is 10.1 Å². The molecule has 0 unspecified atom stereocenters. The topological polar surface area (TPSA) is 81.0 Å². The highest BCUT2D eigenvalue weighted by Crippen LogP contribution is 2.20. The van der Waals surface area contributed by atoms with Crippen LogP contribution in [0.1, 0.15) is 27.9 Å². The van der Waals surface area contributed by atoms with Crippen LogP contribution in [0.3, 0.4) is 0 Å². The first-order chi connectivity index (χ1) is 15.0. The highest BCUT2D eigenvalue weighted by Gasteiger charge is 2.22. The second kappa shape index (κ2) is 10.6.